The third kappa shape index (κ3) is 5.08. The molecule has 4 rings (SSSR count). The number of rotatable bonds is 10. The minimum absolute atomic E-state index is 0.127. The third-order valence-corrected chi connectivity index (χ3v) is 7.95. The molecule has 1 aliphatic heterocycles. The maximum Gasteiger partial charge on any atom is 0.252 e. The number of benzene rings is 2. The highest BCUT2D eigenvalue weighted by Crippen LogP contribution is 2.43. The highest BCUT2D eigenvalue weighted by atomic mass is 28.3. The predicted molar refractivity (Wildman–Crippen MR) is 142 cm³/mol. The first kappa shape index (κ1) is 24.9. The summed E-state index contributed by atoms with van der Waals surface area (Å²) in [5.41, 5.74) is 4.34. The number of hydrogen-bond acceptors (Lipinski definition) is 5. The second-order valence-electron chi connectivity index (χ2n) is 9.83. The summed E-state index contributed by atoms with van der Waals surface area (Å²) in [5.74, 6) is 1.38. The van der Waals surface area contributed by atoms with Crippen LogP contribution in [0.5, 0.6) is 17.2 Å². The normalized spacial score (nSPS) is 13.9. The fourth-order valence-electron chi connectivity index (χ4n) is 4.38. The van der Waals surface area contributed by atoms with Gasteiger partial charge in [-0.15, -0.1) is 0 Å². The Morgan fingerprint density at radius 1 is 1.00 bits per heavy atom. The van der Waals surface area contributed by atoms with Gasteiger partial charge in [-0.2, -0.15) is 0 Å². The minimum atomic E-state index is -1.16. The van der Waals surface area contributed by atoms with E-state index in [4.69, 9.17) is 18.9 Å². The molecule has 0 bridgehead atoms. The number of carbonyl (C=O) groups excluding carboxylic acids is 1. The van der Waals surface area contributed by atoms with Gasteiger partial charge in [0, 0.05) is 38.4 Å². The van der Waals surface area contributed by atoms with Gasteiger partial charge in [0.05, 0.1) is 32.4 Å². The van der Waals surface area contributed by atoms with E-state index >= 15 is 0 Å². The van der Waals surface area contributed by atoms with Crippen LogP contribution in [0.2, 0.25) is 25.7 Å². The molecule has 1 aromatic heterocycles. The quantitative estimate of drug-likeness (QED) is 0.317. The van der Waals surface area contributed by atoms with E-state index in [0.717, 1.165) is 34.7 Å². The SMILES string of the molecule is COc1cc(C2=C(c3cn(COCC[Si](C)(C)C)c4ccccc34)CNC2=O)cc(OC)c1OC. The Kier molecular flexibility index (Phi) is 7.23. The number of fused-ring (bicyclic) bond motifs is 1. The Labute approximate surface area is 207 Å². The molecule has 2 heterocycles. The van der Waals surface area contributed by atoms with Crippen molar-refractivity contribution in [3.63, 3.8) is 0 Å². The Morgan fingerprint density at radius 3 is 2.31 bits per heavy atom. The van der Waals surface area contributed by atoms with Crippen molar-refractivity contribution in [2.75, 3.05) is 34.5 Å². The van der Waals surface area contributed by atoms with E-state index in [9.17, 15) is 4.79 Å². The monoisotopic (exact) mass is 494 g/mol. The molecule has 0 saturated carbocycles. The van der Waals surface area contributed by atoms with Crippen molar-refractivity contribution in [2.24, 2.45) is 0 Å². The van der Waals surface area contributed by atoms with Gasteiger partial charge in [-0.25, -0.2) is 0 Å². The van der Waals surface area contributed by atoms with Crippen LogP contribution in [-0.2, 0) is 16.3 Å². The van der Waals surface area contributed by atoms with E-state index in [2.05, 4.69) is 47.9 Å². The first-order chi connectivity index (χ1) is 16.8. The molecule has 1 amide bonds. The van der Waals surface area contributed by atoms with E-state index in [1.54, 1.807) is 21.3 Å². The third-order valence-electron chi connectivity index (χ3n) is 6.25. The van der Waals surface area contributed by atoms with Crippen LogP contribution < -0.4 is 19.5 Å². The van der Waals surface area contributed by atoms with Gasteiger partial charge in [0.2, 0.25) is 5.75 Å². The summed E-state index contributed by atoms with van der Waals surface area (Å²) < 4.78 is 24.7. The molecule has 2 aromatic carbocycles. The minimum Gasteiger partial charge on any atom is -0.493 e. The lowest BCUT2D eigenvalue weighted by Crippen LogP contribution is -2.21. The molecule has 7 nitrogen and oxygen atoms in total. The van der Waals surface area contributed by atoms with Crippen molar-refractivity contribution in [3.05, 3.63) is 53.7 Å². The van der Waals surface area contributed by atoms with E-state index in [1.807, 2.05) is 24.3 Å². The number of nitrogens with zero attached hydrogens (tertiary/aromatic N) is 1. The summed E-state index contributed by atoms with van der Waals surface area (Å²) in [6, 6.07) is 13.0. The second kappa shape index (κ2) is 10.2. The topological polar surface area (TPSA) is 71.0 Å². The summed E-state index contributed by atoms with van der Waals surface area (Å²) >= 11 is 0. The largest absolute Gasteiger partial charge is 0.493 e. The van der Waals surface area contributed by atoms with Crippen LogP contribution in [0.4, 0.5) is 0 Å². The van der Waals surface area contributed by atoms with Crippen molar-refractivity contribution >= 4 is 36.0 Å². The highest BCUT2D eigenvalue weighted by molar-refractivity contribution is 6.76. The van der Waals surface area contributed by atoms with Crippen molar-refractivity contribution in [2.45, 2.75) is 32.4 Å². The molecule has 0 fully saturated rings. The lowest BCUT2D eigenvalue weighted by Gasteiger charge is -2.15. The van der Waals surface area contributed by atoms with Crippen LogP contribution in [-0.4, -0.2) is 53.0 Å². The number of amides is 1. The van der Waals surface area contributed by atoms with Crippen molar-refractivity contribution in [1.82, 2.24) is 9.88 Å². The molecule has 0 spiro atoms. The van der Waals surface area contributed by atoms with Gasteiger partial charge in [-0.3, -0.25) is 4.79 Å². The molecular formula is C27H34N2O5Si. The average Bonchev–Trinajstić information content (AvgIpc) is 3.40. The summed E-state index contributed by atoms with van der Waals surface area (Å²) in [5, 5.41) is 4.08. The Balaban J connectivity index is 1.79. The van der Waals surface area contributed by atoms with Crippen molar-refractivity contribution < 1.29 is 23.7 Å². The van der Waals surface area contributed by atoms with Gasteiger partial charge in [-0.1, -0.05) is 37.8 Å². The molecule has 0 atom stereocenters. The lowest BCUT2D eigenvalue weighted by atomic mass is 9.96. The Morgan fingerprint density at radius 2 is 1.69 bits per heavy atom. The summed E-state index contributed by atoms with van der Waals surface area (Å²) in [6.45, 7) is 8.70. The van der Waals surface area contributed by atoms with E-state index in [1.165, 1.54) is 0 Å². The summed E-state index contributed by atoms with van der Waals surface area (Å²) in [7, 11) is 3.54. The molecule has 0 saturated heterocycles. The number of ether oxygens (including phenoxy) is 4. The maximum atomic E-state index is 13.1. The fraction of sp³-hybridized carbons (Fsp3) is 0.370. The molecule has 186 valence electrons. The fourth-order valence-corrected chi connectivity index (χ4v) is 5.14. The van der Waals surface area contributed by atoms with E-state index in [-0.39, 0.29) is 5.91 Å². The number of methoxy groups -OCH3 is 3. The van der Waals surface area contributed by atoms with Crippen LogP contribution in [0, 0.1) is 0 Å². The molecule has 8 heteroatoms. The number of para-hydroxylation sites is 1. The number of carbonyl (C=O) groups is 1. The Bertz CT molecular complexity index is 1250. The van der Waals surface area contributed by atoms with Crippen LogP contribution in [0.15, 0.2) is 42.6 Å². The standard InChI is InChI=1S/C27H34N2O5Si/c1-31-23-13-18(14-24(32-2)26(23)33-3)25-20(15-28-27(25)30)21-16-29(17-34-11-12-35(4,5)6)22-10-8-7-9-19(21)22/h7-10,13-14,16H,11-12,15,17H2,1-6H3,(H,28,30). The number of aromatic nitrogens is 1. The molecule has 0 radical (unpaired) electrons. The zero-order valence-corrected chi connectivity index (χ0v) is 22.4. The first-order valence-corrected chi connectivity index (χ1v) is 15.5. The second-order valence-corrected chi connectivity index (χ2v) is 15.4. The maximum absolute atomic E-state index is 13.1. The number of nitrogens with one attached hydrogen (secondary N) is 1. The number of hydrogen-bond donors (Lipinski definition) is 1. The van der Waals surface area contributed by atoms with Gasteiger partial charge >= 0.3 is 0 Å². The van der Waals surface area contributed by atoms with Gasteiger partial charge < -0.3 is 28.8 Å². The summed E-state index contributed by atoms with van der Waals surface area (Å²) in [6.07, 6.45) is 2.09. The van der Waals surface area contributed by atoms with Gasteiger partial charge in [0.25, 0.3) is 5.91 Å². The lowest BCUT2D eigenvalue weighted by molar-refractivity contribution is -0.114. The van der Waals surface area contributed by atoms with Gasteiger partial charge in [-0.05, 0) is 35.4 Å². The molecule has 1 N–H and O–H groups in total. The molecular weight excluding hydrogens is 460 g/mol. The summed E-state index contributed by atoms with van der Waals surface area (Å²) in [4.78, 5) is 13.1. The predicted octanol–water partition coefficient (Wildman–Crippen LogP) is 5.02. The molecule has 0 unspecified atom stereocenters. The molecule has 35 heavy (non-hydrogen) atoms. The van der Waals surface area contributed by atoms with Crippen molar-refractivity contribution in [3.8, 4) is 17.2 Å². The Hall–Kier alpha value is -3.23. The van der Waals surface area contributed by atoms with E-state index < -0.39 is 8.07 Å². The average molecular weight is 495 g/mol. The zero-order chi connectivity index (χ0) is 25.2. The van der Waals surface area contributed by atoms with Crippen molar-refractivity contribution in [1.29, 1.82) is 0 Å². The zero-order valence-electron chi connectivity index (χ0n) is 21.4. The van der Waals surface area contributed by atoms with Crippen LogP contribution in [0.3, 0.4) is 0 Å². The van der Waals surface area contributed by atoms with Crippen LogP contribution >= 0.6 is 0 Å². The van der Waals surface area contributed by atoms with Crippen LogP contribution in [0.1, 0.15) is 11.1 Å². The first-order valence-electron chi connectivity index (χ1n) is 11.7. The smallest absolute Gasteiger partial charge is 0.252 e. The highest BCUT2D eigenvalue weighted by Gasteiger charge is 2.29. The van der Waals surface area contributed by atoms with Gasteiger partial charge in [0.15, 0.2) is 11.5 Å². The molecule has 0 aliphatic carbocycles. The van der Waals surface area contributed by atoms with Gasteiger partial charge in [0.1, 0.15) is 6.73 Å². The van der Waals surface area contributed by atoms with Crippen LogP contribution in [0.25, 0.3) is 22.0 Å². The molecule has 3 aromatic rings. The molecule has 1 aliphatic rings. The van der Waals surface area contributed by atoms with E-state index in [0.29, 0.717) is 41.7 Å².